The number of anilines is 1. The van der Waals surface area contributed by atoms with E-state index in [9.17, 15) is 0 Å². The van der Waals surface area contributed by atoms with Gasteiger partial charge in [-0.05, 0) is 12.1 Å². The maximum Gasteiger partial charge on any atom is 0.130 e. The highest BCUT2D eigenvalue weighted by molar-refractivity contribution is 6.01. The molecule has 0 bridgehead atoms. The molecule has 1 aromatic carbocycles. The van der Waals surface area contributed by atoms with Gasteiger partial charge in [-0.15, -0.1) is 0 Å². The van der Waals surface area contributed by atoms with Crippen molar-refractivity contribution in [1.82, 2.24) is 10.1 Å². The van der Waals surface area contributed by atoms with E-state index in [2.05, 4.69) is 45.2 Å². The summed E-state index contributed by atoms with van der Waals surface area (Å²) in [5.74, 6) is 1.06. The maximum atomic E-state index is 5.49. The zero-order chi connectivity index (χ0) is 15.6. The molecular formula is C17H20N4O2. The Labute approximate surface area is 135 Å². The predicted octanol–water partition coefficient (Wildman–Crippen LogP) is 1.87. The van der Waals surface area contributed by atoms with Gasteiger partial charge in [-0.1, -0.05) is 11.2 Å². The van der Waals surface area contributed by atoms with E-state index in [-0.39, 0.29) is 0 Å². The number of ether oxygens (including phenoxy) is 1. The van der Waals surface area contributed by atoms with Gasteiger partial charge >= 0.3 is 0 Å². The molecule has 6 nitrogen and oxygen atoms in total. The fourth-order valence-electron chi connectivity index (χ4n) is 3.15. The summed E-state index contributed by atoms with van der Waals surface area (Å²) >= 11 is 0. The van der Waals surface area contributed by atoms with E-state index < -0.39 is 0 Å². The maximum absolute atomic E-state index is 5.49. The summed E-state index contributed by atoms with van der Waals surface area (Å²) in [5.41, 5.74) is 4.27. The van der Waals surface area contributed by atoms with Crippen LogP contribution >= 0.6 is 0 Å². The highest BCUT2D eigenvalue weighted by Gasteiger charge is 2.21. The van der Waals surface area contributed by atoms with Crippen LogP contribution in [0.3, 0.4) is 0 Å². The van der Waals surface area contributed by atoms with Crippen molar-refractivity contribution in [1.29, 1.82) is 0 Å². The third-order valence-corrected chi connectivity index (χ3v) is 4.38. The largest absolute Gasteiger partial charge is 0.378 e. The number of nitrogens with zero attached hydrogens (tertiary/aromatic N) is 4. The molecule has 120 valence electrons. The average Bonchev–Trinajstić information content (AvgIpc) is 3.27. The van der Waals surface area contributed by atoms with Crippen LogP contribution in [0.2, 0.25) is 0 Å². The SMILES string of the molecule is CN1CCN=C1c1ccc(-c2ccon2)c(N2CCOCC2)c1. The van der Waals surface area contributed by atoms with Crippen LogP contribution in [0, 0.1) is 0 Å². The van der Waals surface area contributed by atoms with Crippen LogP contribution in [0.1, 0.15) is 5.56 Å². The normalized spacial score (nSPS) is 18.4. The van der Waals surface area contributed by atoms with Gasteiger partial charge in [0.15, 0.2) is 0 Å². The summed E-state index contributed by atoms with van der Waals surface area (Å²) in [6.45, 7) is 5.12. The minimum atomic E-state index is 0.753. The molecule has 2 aliphatic rings. The molecule has 1 saturated heterocycles. The van der Waals surface area contributed by atoms with Crippen molar-refractivity contribution in [3.63, 3.8) is 0 Å². The second-order valence-electron chi connectivity index (χ2n) is 5.84. The topological polar surface area (TPSA) is 54.1 Å². The minimum absolute atomic E-state index is 0.753. The van der Waals surface area contributed by atoms with Gasteiger partial charge in [0, 0.05) is 49.6 Å². The first-order valence-electron chi connectivity index (χ1n) is 7.96. The smallest absolute Gasteiger partial charge is 0.130 e. The van der Waals surface area contributed by atoms with Gasteiger partial charge in [0.1, 0.15) is 17.8 Å². The average molecular weight is 312 g/mol. The highest BCUT2D eigenvalue weighted by Crippen LogP contribution is 2.32. The number of aromatic nitrogens is 1. The monoisotopic (exact) mass is 312 g/mol. The van der Waals surface area contributed by atoms with Crippen molar-refractivity contribution < 1.29 is 9.26 Å². The van der Waals surface area contributed by atoms with Gasteiger partial charge in [0.05, 0.1) is 19.8 Å². The van der Waals surface area contributed by atoms with Gasteiger partial charge in [0.2, 0.25) is 0 Å². The molecule has 0 saturated carbocycles. The highest BCUT2D eigenvalue weighted by atomic mass is 16.5. The minimum Gasteiger partial charge on any atom is -0.378 e. The Morgan fingerprint density at radius 3 is 2.65 bits per heavy atom. The fourth-order valence-corrected chi connectivity index (χ4v) is 3.15. The molecule has 2 aliphatic heterocycles. The van der Waals surface area contributed by atoms with E-state index in [0.717, 1.165) is 62.0 Å². The van der Waals surface area contributed by atoms with E-state index in [1.54, 1.807) is 6.26 Å². The van der Waals surface area contributed by atoms with Crippen LogP contribution in [0.25, 0.3) is 11.3 Å². The van der Waals surface area contributed by atoms with Gasteiger partial charge in [-0.2, -0.15) is 0 Å². The Kier molecular flexibility index (Phi) is 3.75. The van der Waals surface area contributed by atoms with Gasteiger partial charge in [-0.3, -0.25) is 4.99 Å². The molecule has 0 unspecified atom stereocenters. The molecule has 0 N–H and O–H groups in total. The van der Waals surface area contributed by atoms with Crippen molar-refractivity contribution >= 4 is 11.5 Å². The standard InChI is InChI=1S/C17H20N4O2/c1-20-6-5-18-17(20)13-2-3-14(15-4-9-23-19-15)16(12-13)21-7-10-22-11-8-21/h2-4,9,12H,5-8,10-11H2,1H3. The summed E-state index contributed by atoms with van der Waals surface area (Å²) in [5, 5.41) is 4.11. The lowest BCUT2D eigenvalue weighted by Gasteiger charge is -2.31. The van der Waals surface area contributed by atoms with Gasteiger partial charge < -0.3 is 19.1 Å². The lowest BCUT2D eigenvalue weighted by atomic mass is 10.0. The van der Waals surface area contributed by atoms with Crippen LogP contribution in [0.15, 0.2) is 40.0 Å². The number of likely N-dealkylation sites (N-methyl/N-ethyl adjacent to an activating group) is 1. The molecule has 0 atom stereocenters. The van der Waals surface area contributed by atoms with Crippen LogP contribution in [0.5, 0.6) is 0 Å². The van der Waals surface area contributed by atoms with Crippen molar-refractivity contribution in [2.45, 2.75) is 0 Å². The Morgan fingerprint density at radius 2 is 1.96 bits per heavy atom. The molecule has 0 spiro atoms. The third-order valence-electron chi connectivity index (χ3n) is 4.38. The number of rotatable bonds is 3. The van der Waals surface area contributed by atoms with Crippen molar-refractivity contribution in [3.8, 4) is 11.3 Å². The molecule has 4 rings (SSSR count). The van der Waals surface area contributed by atoms with Crippen molar-refractivity contribution in [2.75, 3.05) is 51.3 Å². The molecule has 1 aromatic heterocycles. The number of aliphatic imine (C=N–C) groups is 1. The summed E-state index contributed by atoms with van der Waals surface area (Å²) < 4.78 is 10.5. The van der Waals surface area contributed by atoms with E-state index in [1.165, 1.54) is 5.69 Å². The fraction of sp³-hybridized carbons (Fsp3) is 0.412. The molecule has 0 radical (unpaired) electrons. The van der Waals surface area contributed by atoms with E-state index in [1.807, 2.05) is 6.07 Å². The van der Waals surface area contributed by atoms with Crippen LogP contribution in [-0.2, 0) is 4.74 Å². The summed E-state index contributed by atoms with van der Waals surface area (Å²) in [4.78, 5) is 9.19. The molecule has 0 amide bonds. The number of hydrogen-bond donors (Lipinski definition) is 0. The Hall–Kier alpha value is -2.34. The molecule has 2 aromatic rings. The number of amidine groups is 1. The third kappa shape index (κ3) is 2.70. The van der Waals surface area contributed by atoms with E-state index >= 15 is 0 Å². The summed E-state index contributed by atoms with van der Waals surface area (Å²) in [6, 6.07) is 8.36. The molecule has 6 heteroatoms. The van der Waals surface area contributed by atoms with E-state index in [0.29, 0.717) is 0 Å². The molecule has 1 fully saturated rings. The first-order chi connectivity index (χ1) is 11.3. The Balaban J connectivity index is 1.77. The Bertz CT molecular complexity index is 705. The summed E-state index contributed by atoms with van der Waals surface area (Å²) in [7, 11) is 2.09. The Morgan fingerprint density at radius 1 is 1.09 bits per heavy atom. The predicted molar refractivity (Wildman–Crippen MR) is 89.0 cm³/mol. The number of hydrogen-bond acceptors (Lipinski definition) is 6. The summed E-state index contributed by atoms with van der Waals surface area (Å²) in [6.07, 6.45) is 1.61. The molecule has 3 heterocycles. The van der Waals surface area contributed by atoms with Crippen LogP contribution in [-0.4, -0.2) is 62.3 Å². The first kappa shape index (κ1) is 14.3. The quantitative estimate of drug-likeness (QED) is 0.866. The van der Waals surface area contributed by atoms with Gasteiger partial charge in [-0.25, -0.2) is 0 Å². The van der Waals surface area contributed by atoms with Crippen molar-refractivity contribution in [3.05, 3.63) is 36.1 Å². The van der Waals surface area contributed by atoms with E-state index in [4.69, 9.17) is 9.26 Å². The van der Waals surface area contributed by atoms with Crippen LogP contribution in [0.4, 0.5) is 5.69 Å². The number of morpholine rings is 1. The lowest BCUT2D eigenvalue weighted by Crippen LogP contribution is -2.36. The molecule has 0 aliphatic carbocycles. The lowest BCUT2D eigenvalue weighted by molar-refractivity contribution is 0.123. The molecular weight excluding hydrogens is 292 g/mol. The number of benzene rings is 1. The first-order valence-corrected chi connectivity index (χ1v) is 7.96. The second-order valence-corrected chi connectivity index (χ2v) is 5.84. The molecule has 23 heavy (non-hydrogen) atoms. The zero-order valence-corrected chi connectivity index (χ0v) is 13.2. The second kappa shape index (κ2) is 6.04. The zero-order valence-electron chi connectivity index (χ0n) is 13.2. The van der Waals surface area contributed by atoms with Crippen LogP contribution < -0.4 is 4.90 Å². The van der Waals surface area contributed by atoms with Gasteiger partial charge in [0.25, 0.3) is 0 Å². The van der Waals surface area contributed by atoms with Crippen molar-refractivity contribution in [2.24, 2.45) is 4.99 Å².